The van der Waals surface area contributed by atoms with Gasteiger partial charge in [0.1, 0.15) is 0 Å². The van der Waals surface area contributed by atoms with Crippen LogP contribution in [0.4, 0.5) is 4.39 Å². The Morgan fingerprint density at radius 3 is 2.74 bits per heavy atom. The summed E-state index contributed by atoms with van der Waals surface area (Å²) in [6, 6.07) is 4.86. The smallest absolute Gasteiger partial charge is 0.225 e. The first-order valence-corrected chi connectivity index (χ1v) is 6.36. The number of nitrogens with one attached hydrogen (secondary N) is 1. The minimum atomic E-state index is -0.396. The molecule has 1 amide bonds. The molecule has 0 bridgehead atoms. The predicted molar refractivity (Wildman–Crippen MR) is 72.6 cm³/mol. The molecule has 106 valence electrons. The minimum absolute atomic E-state index is 0.0378. The van der Waals surface area contributed by atoms with Crippen LogP contribution >= 0.6 is 0 Å². The molecule has 5 heteroatoms. The average Bonchev–Trinajstić information content (AvgIpc) is 2.38. The Morgan fingerprint density at radius 1 is 1.42 bits per heavy atom. The molecule has 1 aromatic rings. The first kappa shape index (κ1) is 15.4. The van der Waals surface area contributed by atoms with E-state index in [1.807, 2.05) is 13.0 Å². The lowest BCUT2D eigenvalue weighted by molar-refractivity contribution is -0.129. The Morgan fingerprint density at radius 2 is 2.16 bits per heavy atom. The highest BCUT2D eigenvalue weighted by atomic mass is 19.1. The van der Waals surface area contributed by atoms with Gasteiger partial charge in [-0.05, 0) is 24.2 Å². The molecule has 4 nitrogen and oxygen atoms in total. The van der Waals surface area contributed by atoms with Gasteiger partial charge in [0.05, 0.1) is 13.0 Å². The number of benzene rings is 1. The zero-order valence-corrected chi connectivity index (χ0v) is 11.7. The zero-order chi connectivity index (χ0) is 14.3. The highest BCUT2D eigenvalue weighted by Gasteiger charge is 2.07. The predicted octanol–water partition coefficient (Wildman–Crippen LogP) is 1.79. The molecule has 0 atom stereocenters. The van der Waals surface area contributed by atoms with E-state index < -0.39 is 5.82 Å². The van der Waals surface area contributed by atoms with Crippen molar-refractivity contribution in [3.63, 3.8) is 0 Å². The molecule has 0 aliphatic carbocycles. The number of carbonyl (C=O) groups excluding carboxylic acids is 1. The third-order valence-electron chi connectivity index (χ3n) is 2.65. The highest BCUT2D eigenvalue weighted by molar-refractivity contribution is 5.75. The van der Waals surface area contributed by atoms with Gasteiger partial charge >= 0.3 is 0 Å². The fraction of sp³-hybridized carbons (Fsp3) is 0.500. The molecule has 0 aromatic heterocycles. The van der Waals surface area contributed by atoms with Crippen LogP contribution in [0, 0.1) is 5.82 Å². The van der Waals surface area contributed by atoms with Gasteiger partial charge in [-0.3, -0.25) is 4.79 Å². The van der Waals surface area contributed by atoms with Crippen LogP contribution in [0.5, 0.6) is 5.75 Å². The molecular weight excluding hydrogens is 247 g/mol. The molecule has 0 unspecified atom stereocenters. The van der Waals surface area contributed by atoms with E-state index in [-0.39, 0.29) is 24.7 Å². The van der Waals surface area contributed by atoms with Crippen molar-refractivity contribution >= 4 is 5.91 Å². The van der Waals surface area contributed by atoms with Gasteiger partial charge in [0, 0.05) is 20.6 Å². The summed E-state index contributed by atoms with van der Waals surface area (Å²) >= 11 is 0. The van der Waals surface area contributed by atoms with Crippen molar-refractivity contribution in [3.8, 4) is 5.75 Å². The van der Waals surface area contributed by atoms with Crippen molar-refractivity contribution in [2.24, 2.45) is 0 Å². The van der Waals surface area contributed by atoms with Crippen LogP contribution in [0.2, 0.25) is 0 Å². The van der Waals surface area contributed by atoms with Gasteiger partial charge in [0.15, 0.2) is 11.6 Å². The maximum absolute atomic E-state index is 13.7. The largest absolute Gasteiger partial charge is 0.490 e. The summed E-state index contributed by atoms with van der Waals surface area (Å²) in [6.07, 6.45) is 0.242. The molecule has 0 radical (unpaired) electrons. The van der Waals surface area contributed by atoms with Crippen LogP contribution < -0.4 is 10.1 Å². The number of carbonyl (C=O) groups is 1. The second-order valence-corrected chi connectivity index (χ2v) is 4.43. The van der Waals surface area contributed by atoms with E-state index in [0.717, 1.165) is 12.1 Å². The van der Waals surface area contributed by atoms with Crippen molar-refractivity contribution in [1.82, 2.24) is 10.2 Å². The van der Waals surface area contributed by atoms with Crippen LogP contribution in [0.3, 0.4) is 0 Å². The molecule has 0 saturated carbocycles. The lowest BCUT2D eigenvalue weighted by Crippen LogP contribution is -2.23. The molecule has 1 aromatic carbocycles. The van der Waals surface area contributed by atoms with Gasteiger partial charge < -0.3 is 15.0 Å². The van der Waals surface area contributed by atoms with E-state index in [1.165, 1.54) is 11.0 Å². The Bertz CT molecular complexity index is 422. The van der Waals surface area contributed by atoms with Gasteiger partial charge in [0.25, 0.3) is 0 Å². The molecule has 0 aliphatic rings. The van der Waals surface area contributed by atoms with E-state index >= 15 is 0 Å². The number of nitrogens with zero attached hydrogens (tertiary/aromatic N) is 1. The lowest BCUT2D eigenvalue weighted by atomic mass is 10.2. The van der Waals surface area contributed by atoms with Crippen LogP contribution in [-0.4, -0.2) is 38.1 Å². The topological polar surface area (TPSA) is 41.6 Å². The minimum Gasteiger partial charge on any atom is -0.490 e. The molecular formula is C14H21FN2O2. The number of hydrogen-bond acceptors (Lipinski definition) is 3. The quantitative estimate of drug-likeness (QED) is 0.820. The number of hydrogen-bond donors (Lipinski definition) is 1. The molecule has 0 heterocycles. The summed E-state index contributed by atoms with van der Waals surface area (Å²) in [7, 11) is 3.36. The SMILES string of the molecule is CCNCc1ccc(OCCC(=O)N(C)C)c(F)c1. The summed E-state index contributed by atoms with van der Waals surface area (Å²) in [5.41, 5.74) is 0.871. The molecule has 1 N–H and O–H groups in total. The average molecular weight is 268 g/mol. The fourth-order valence-electron chi connectivity index (χ4n) is 1.51. The van der Waals surface area contributed by atoms with Gasteiger partial charge in [-0.25, -0.2) is 4.39 Å². The number of rotatable bonds is 7. The molecule has 1 rings (SSSR count). The fourth-order valence-corrected chi connectivity index (χ4v) is 1.51. The van der Waals surface area contributed by atoms with E-state index in [2.05, 4.69) is 5.32 Å². The monoisotopic (exact) mass is 268 g/mol. The second kappa shape index (κ2) is 7.74. The first-order chi connectivity index (χ1) is 9.04. The molecule has 0 saturated heterocycles. The lowest BCUT2D eigenvalue weighted by Gasteiger charge is -2.11. The van der Waals surface area contributed by atoms with E-state index in [4.69, 9.17) is 4.74 Å². The Labute approximate surface area is 113 Å². The van der Waals surface area contributed by atoms with Gasteiger partial charge in [0.2, 0.25) is 5.91 Å². The van der Waals surface area contributed by atoms with Gasteiger partial charge in [-0.1, -0.05) is 13.0 Å². The Balaban J connectivity index is 2.48. The summed E-state index contributed by atoms with van der Waals surface area (Å²) < 4.78 is 19.0. The summed E-state index contributed by atoms with van der Waals surface area (Å²) in [4.78, 5) is 12.8. The number of amides is 1. The Hall–Kier alpha value is -1.62. The van der Waals surface area contributed by atoms with E-state index in [1.54, 1.807) is 20.2 Å². The third-order valence-corrected chi connectivity index (χ3v) is 2.65. The zero-order valence-electron chi connectivity index (χ0n) is 11.7. The van der Waals surface area contributed by atoms with E-state index in [9.17, 15) is 9.18 Å². The molecule has 0 aliphatic heterocycles. The van der Waals surface area contributed by atoms with Crippen molar-refractivity contribution in [2.45, 2.75) is 19.9 Å². The van der Waals surface area contributed by atoms with Crippen LogP contribution in [-0.2, 0) is 11.3 Å². The summed E-state index contributed by atoms with van der Waals surface area (Å²) in [5, 5.41) is 3.12. The third kappa shape index (κ3) is 5.26. The van der Waals surface area contributed by atoms with Crippen molar-refractivity contribution in [2.75, 3.05) is 27.2 Å². The molecule has 19 heavy (non-hydrogen) atoms. The standard InChI is InChI=1S/C14H21FN2O2/c1-4-16-10-11-5-6-13(12(15)9-11)19-8-7-14(18)17(2)3/h5-6,9,16H,4,7-8,10H2,1-3H3. The van der Waals surface area contributed by atoms with Crippen molar-refractivity contribution < 1.29 is 13.9 Å². The maximum Gasteiger partial charge on any atom is 0.225 e. The Kier molecular flexibility index (Phi) is 6.29. The number of ether oxygens (including phenoxy) is 1. The molecule has 0 spiro atoms. The van der Waals surface area contributed by atoms with Crippen LogP contribution in [0.25, 0.3) is 0 Å². The van der Waals surface area contributed by atoms with Gasteiger partial charge in [-0.2, -0.15) is 0 Å². The van der Waals surface area contributed by atoms with Crippen molar-refractivity contribution in [1.29, 1.82) is 0 Å². The number of halogens is 1. The van der Waals surface area contributed by atoms with Crippen LogP contribution in [0.15, 0.2) is 18.2 Å². The van der Waals surface area contributed by atoms with Gasteiger partial charge in [-0.15, -0.1) is 0 Å². The van der Waals surface area contributed by atoms with Crippen LogP contribution in [0.1, 0.15) is 18.9 Å². The first-order valence-electron chi connectivity index (χ1n) is 6.36. The summed E-state index contributed by atoms with van der Waals surface area (Å²) in [6.45, 7) is 3.65. The maximum atomic E-state index is 13.7. The summed E-state index contributed by atoms with van der Waals surface area (Å²) in [5.74, 6) is -0.247. The highest BCUT2D eigenvalue weighted by Crippen LogP contribution is 2.18. The van der Waals surface area contributed by atoms with Crippen molar-refractivity contribution in [3.05, 3.63) is 29.6 Å². The normalized spacial score (nSPS) is 10.3. The molecule has 0 fully saturated rings. The second-order valence-electron chi connectivity index (χ2n) is 4.43. The van der Waals surface area contributed by atoms with E-state index in [0.29, 0.717) is 6.54 Å².